The highest BCUT2D eigenvalue weighted by atomic mass is 32.1. The van der Waals surface area contributed by atoms with Crippen LogP contribution in [0.3, 0.4) is 0 Å². The van der Waals surface area contributed by atoms with Crippen molar-refractivity contribution in [1.29, 1.82) is 0 Å². The van der Waals surface area contributed by atoms with Gasteiger partial charge in [0, 0.05) is 11.1 Å². The number of methoxy groups -OCH3 is 1. The quantitative estimate of drug-likeness (QED) is 0.204. The Balaban J connectivity index is 1.20. The van der Waals surface area contributed by atoms with Crippen molar-refractivity contribution in [2.45, 2.75) is 25.5 Å². The lowest BCUT2D eigenvalue weighted by Gasteiger charge is -2.31. The molecule has 6 aromatic rings. The molecule has 0 radical (unpaired) electrons. The lowest BCUT2D eigenvalue weighted by atomic mass is 9.83. The number of aromatic nitrogens is 1. The number of allylic oxidation sites excluding steroid dienone is 1. The molecule has 0 spiro atoms. The minimum atomic E-state index is -0.293. The molecule has 0 bridgehead atoms. The Kier molecular flexibility index (Phi) is 6.92. The van der Waals surface area contributed by atoms with Crippen molar-refractivity contribution >= 4 is 33.9 Å². The standard InChI is InChI=1S/C39H30N2O3S/c1-43-34-19-7-6-18-32(34)37-33-21-20-27-12-3-5-17-31(27)36(33)40-39-41(37)38(42)35(45-39)23-25-10-8-15-29(22-25)44-24-28-14-9-13-26-11-2-4-16-30(26)28/h2-19,22-23,37H,20-21,24H2,1H3/b35-23-/t37-/m0/s1. The van der Waals surface area contributed by atoms with Crippen LogP contribution in [-0.2, 0) is 13.0 Å². The van der Waals surface area contributed by atoms with Gasteiger partial charge >= 0.3 is 0 Å². The SMILES string of the molecule is COc1ccccc1[C@H]1C2=C(N=c3s/c(=C\c4cccc(OCc5cccc6ccccc56)c4)c(=O)n31)c1ccccc1CC2. The number of aryl methyl sites for hydroxylation is 1. The molecule has 0 amide bonds. The molecule has 2 aliphatic rings. The molecule has 0 saturated carbocycles. The summed E-state index contributed by atoms with van der Waals surface area (Å²) in [6.07, 6.45) is 3.69. The van der Waals surface area contributed by atoms with Crippen molar-refractivity contribution in [3.8, 4) is 11.5 Å². The number of hydrogen-bond acceptors (Lipinski definition) is 5. The summed E-state index contributed by atoms with van der Waals surface area (Å²) in [6.45, 7) is 0.457. The largest absolute Gasteiger partial charge is 0.496 e. The molecule has 6 heteroatoms. The Morgan fingerprint density at radius 2 is 1.69 bits per heavy atom. The van der Waals surface area contributed by atoms with E-state index >= 15 is 0 Å². The van der Waals surface area contributed by atoms with E-state index in [1.807, 2.05) is 59.2 Å². The highest BCUT2D eigenvalue weighted by molar-refractivity contribution is 7.07. The molecule has 0 unspecified atom stereocenters. The first-order chi connectivity index (χ1) is 22.2. The van der Waals surface area contributed by atoms with E-state index in [9.17, 15) is 4.79 Å². The van der Waals surface area contributed by atoms with Gasteiger partial charge in [-0.1, -0.05) is 108 Å². The summed E-state index contributed by atoms with van der Waals surface area (Å²) < 4.78 is 14.6. The number of fused-ring (bicyclic) bond motifs is 4. The Morgan fingerprint density at radius 3 is 2.62 bits per heavy atom. The number of benzene rings is 5. The van der Waals surface area contributed by atoms with Gasteiger partial charge in [-0.25, -0.2) is 4.99 Å². The lowest BCUT2D eigenvalue weighted by Crippen LogP contribution is -2.39. The van der Waals surface area contributed by atoms with Crippen molar-refractivity contribution in [3.63, 3.8) is 0 Å². The van der Waals surface area contributed by atoms with Crippen LogP contribution in [0, 0.1) is 0 Å². The van der Waals surface area contributed by atoms with E-state index in [1.165, 1.54) is 27.7 Å². The van der Waals surface area contributed by atoms with E-state index in [1.54, 1.807) is 7.11 Å². The smallest absolute Gasteiger partial charge is 0.271 e. The van der Waals surface area contributed by atoms with E-state index in [-0.39, 0.29) is 11.6 Å². The highest BCUT2D eigenvalue weighted by Crippen LogP contribution is 2.43. The molecule has 220 valence electrons. The minimum absolute atomic E-state index is 0.0536. The molecule has 0 N–H and O–H groups in total. The third-order valence-corrected chi connectivity index (χ3v) is 9.72. The second-order valence-electron chi connectivity index (χ2n) is 11.4. The van der Waals surface area contributed by atoms with E-state index in [0.29, 0.717) is 15.9 Å². The molecule has 45 heavy (non-hydrogen) atoms. The van der Waals surface area contributed by atoms with Gasteiger partial charge in [0.1, 0.15) is 18.1 Å². The predicted molar refractivity (Wildman–Crippen MR) is 180 cm³/mol. The van der Waals surface area contributed by atoms with Gasteiger partial charge in [-0.15, -0.1) is 0 Å². The zero-order valence-electron chi connectivity index (χ0n) is 24.8. The summed E-state index contributed by atoms with van der Waals surface area (Å²) in [5.74, 6) is 1.52. The number of para-hydroxylation sites is 1. The fraction of sp³-hybridized carbons (Fsp3) is 0.128. The molecule has 0 fully saturated rings. The van der Waals surface area contributed by atoms with Crippen molar-refractivity contribution in [2.75, 3.05) is 7.11 Å². The van der Waals surface area contributed by atoms with Crippen molar-refractivity contribution in [1.82, 2.24) is 4.57 Å². The molecule has 8 rings (SSSR count). The number of thiazole rings is 1. The van der Waals surface area contributed by atoms with Crippen LogP contribution in [0.25, 0.3) is 22.5 Å². The average Bonchev–Trinajstić information content (AvgIpc) is 3.40. The third kappa shape index (κ3) is 4.88. The van der Waals surface area contributed by atoms with E-state index in [2.05, 4.69) is 66.7 Å². The monoisotopic (exact) mass is 606 g/mol. The van der Waals surface area contributed by atoms with Crippen molar-refractivity contribution in [3.05, 3.63) is 168 Å². The molecule has 0 saturated heterocycles. The van der Waals surface area contributed by atoms with Crippen LogP contribution in [0.1, 0.15) is 40.3 Å². The van der Waals surface area contributed by atoms with Crippen molar-refractivity contribution < 1.29 is 9.47 Å². The highest BCUT2D eigenvalue weighted by Gasteiger charge is 2.34. The van der Waals surface area contributed by atoms with Crippen LogP contribution in [0.4, 0.5) is 0 Å². The summed E-state index contributed by atoms with van der Waals surface area (Å²) in [7, 11) is 1.68. The van der Waals surface area contributed by atoms with Crippen LogP contribution < -0.4 is 24.4 Å². The minimum Gasteiger partial charge on any atom is -0.496 e. The lowest BCUT2D eigenvalue weighted by molar-refractivity contribution is 0.307. The van der Waals surface area contributed by atoms with Gasteiger partial charge in [0.05, 0.1) is 23.4 Å². The van der Waals surface area contributed by atoms with Gasteiger partial charge in [-0.05, 0) is 70.2 Å². The Bertz CT molecular complexity index is 2310. The Labute approximate surface area is 264 Å². The Morgan fingerprint density at radius 1 is 0.889 bits per heavy atom. The first-order valence-corrected chi connectivity index (χ1v) is 15.9. The van der Waals surface area contributed by atoms with Gasteiger partial charge in [-0.2, -0.15) is 0 Å². The van der Waals surface area contributed by atoms with Gasteiger partial charge in [0.2, 0.25) is 0 Å². The maximum absolute atomic E-state index is 14.2. The molecule has 1 aliphatic heterocycles. The molecule has 2 heterocycles. The first kappa shape index (κ1) is 27.4. The van der Waals surface area contributed by atoms with Crippen LogP contribution in [0.2, 0.25) is 0 Å². The van der Waals surface area contributed by atoms with E-state index in [0.717, 1.165) is 57.9 Å². The van der Waals surface area contributed by atoms with Gasteiger partial charge in [0.25, 0.3) is 5.56 Å². The summed E-state index contributed by atoms with van der Waals surface area (Å²) in [5.41, 5.74) is 7.52. The molecule has 5 aromatic carbocycles. The molecular weight excluding hydrogens is 577 g/mol. The molecule has 1 aliphatic carbocycles. The first-order valence-electron chi connectivity index (χ1n) is 15.1. The number of nitrogens with zero attached hydrogens (tertiary/aromatic N) is 2. The van der Waals surface area contributed by atoms with Crippen LogP contribution >= 0.6 is 11.3 Å². The van der Waals surface area contributed by atoms with Crippen LogP contribution in [0.15, 0.2) is 131 Å². The van der Waals surface area contributed by atoms with Gasteiger partial charge in [-0.3, -0.25) is 9.36 Å². The molecule has 1 aromatic heterocycles. The second-order valence-corrected chi connectivity index (χ2v) is 12.4. The molecule has 1 atom stereocenters. The number of ether oxygens (including phenoxy) is 2. The van der Waals surface area contributed by atoms with E-state index < -0.39 is 0 Å². The van der Waals surface area contributed by atoms with Gasteiger partial charge in [0.15, 0.2) is 4.80 Å². The third-order valence-electron chi connectivity index (χ3n) is 8.74. The van der Waals surface area contributed by atoms with E-state index in [4.69, 9.17) is 14.5 Å². The Hall–Kier alpha value is -5.20. The summed E-state index contributed by atoms with van der Waals surface area (Å²) >= 11 is 1.43. The maximum Gasteiger partial charge on any atom is 0.271 e. The zero-order chi connectivity index (χ0) is 30.3. The fourth-order valence-electron chi connectivity index (χ4n) is 6.62. The average molecular weight is 607 g/mol. The summed E-state index contributed by atoms with van der Waals surface area (Å²) in [4.78, 5) is 20.1. The fourth-order valence-corrected chi connectivity index (χ4v) is 7.62. The van der Waals surface area contributed by atoms with Crippen LogP contribution in [0.5, 0.6) is 11.5 Å². The van der Waals surface area contributed by atoms with Gasteiger partial charge < -0.3 is 9.47 Å². The normalized spacial score (nSPS) is 15.7. The zero-order valence-corrected chi connectivity index (χ0v) is 25.6. The topological polar surface area (TPSA) is 52.8 Å². The van der Waals surface area contributed by atoms with Crippen LogP contribution in [-0.4, -0.2) is 11.7 Å². The summed E-state index contributed by atoms with van der Waals surface area (Å²) in [6, 6.07) is 38.7. The number of rotatable bonds is 6. The van der Waals surface area contributed by atoms with Crippen molar-refractivity contribution in [2.24, 2.45) is 4.99 Å². The number of hydrogen-bond donors (Lipinski definition) is 0. The second kappa shape index (κ2) is 11.4. The maximum atomic E-state index is 14.2. The molecule has 5 nitrogen and oxygen atoms in total. The summed E-state index contributed by atoms with van der Waals surface area (Å²) in [5, 5.41) is 2.38. The predicted octanol–water partition coefficient (Wildman–Crippen LogP) is 7.06. The molecular formula is C39H30N2O3S.